The lowest BCUT2D eigenvalue weighted by molar-refractivity contribution is -0.136. The molecule has 0 aromatic heterocycles. The molecule has 0 fully saturated rings. The van der Waals surface area contributed by atoms with Gasteiger partial charge in [-0.05, 0) is 17.7 Å². The van der Waals surface area contributed by atoms with Crippen molar-refractivity contribution in [1.82, 2.24) is 5.32 Å². The lowest BCUT2D eigenvalue weighted by Crippen LogP contribution is -2.27. The topological polar surface area (TPSA) is 66.4 Å². The summed E-state index contributed by atoms with van der Waals surface area (Å²) in [4.78, 5) is 21.6. The molecule has 0 unspecified atom stereocenters. The van der Waals surface area contributed by atoms with Crippen LogP contribution in [-0.4, -0.2) is 23.5 Å². The molecule has 2 N–H and O–H groups in total. The maximum atomic E-state index is 11.4. The fourth-order valence-electron chi connectivity index (χ4n) is 1.20. The molecule has 0 saturated carbocycles. The van der Waals surface area contributed by atoms with Crippen LogP contribution in [0.5, 0.6) is 0 Å². The first-order chi connectivity index (χ1) is 7.58. The van der Waals surface area contributed by atoms with Gasteiger partial charge in [0.25, 0.3) is 0 Å². The Morgan fingerprint density at radius 1 is 1.38 bits per heavy atom. The van der Waals surface area contributed by atoms with Crippen molar-refractivity contribution >= 4 is 23.5 Å². The van der Waals surface area contributed by atoms with Crippen molar-refractivity contribution in [2.24, 2.45) is 0 Å². The Kier molecular flexibility index (Phi) is 4.79. The highest BCUT2D eigenvalue weighted by atomic mass is 35.5. The van der Waals surface area contributed by atoms with E-state index in [-0.39, 0.29) is 25.3 Å². The van der Waals surface area contributed by atoms with Gasteiger partial charge in [0, 0.05) is 11.6 Å². The van der Waals surface area contributed by atoms with E-state index >= 15 is 0 Å². The maximum Gasteiger partial charge on any atom is 0.305 e. The van der Waals surface area contributed by atoms with E-state index in [2.05, 4.69) is 5.32 Å². The number of nitrogens with one attached hydrogen (secondary N) is 1. The maximum absolute atomic E-state index is 11.4. The summed E-state index contributed by atoms with van der Waals surface area (Å²) < 4.78 is 0. The van der Waals surface area contributed by atoms with Crippen molar-refractivity contribution in [3.05, 3.63) is 34.9 Å². The van der Waals surface area contributed by atoms with E-state index in [0.717, 1.165) is 5.56 Å². The Balaban J connectivity index is 2.37. The van der Waals surface area contributed by atoms with Crippen molar-refractivity contribution in [2.45, 2.75) is 12.8 Å². The number of carbonyl (C=O) groups excluding carboxylic acids is 1. The molecule has 1 aromatic rings. The van der Waals surface area contributed by atoms with Gasteiger partial charge in [-0.2, -0.15) is 0 Å². The van der Waals surface area contributed by atoms with Gasteiger partial charge < -0.3 is 10.4 Å². The van der Waals surface area contributed by atoms with Crippen LogP contribution in [0.25, 0.3) is 0 Å². The zero-order valence-corrected chi connectivity index (χ0v) is 9.33. The number of aliphatic carboxylic acids is 1. The summed E-state index contributed by atoms with van der Waals surface area (Å²) in [5, 5.41) is 11.5. The number of carboxylic acid groups (broad SMARTS) is 1. The summed E-state index contributed by atoms with van der Waals surface area (Å²) in [6.45, 7) is 0.148. The number of hydrogen-bond acceptors (Lipinski definition) is 2. The molecule has 0 aliphatic carbocycles. The SMILES string of the molecule is O=C(O)CCNC(=O)Cc1cccc(Cl)c1. The first kappa shape index (κ1) is 12.5. The summed E-state index contributed by atoms with van der Waals surface area (Å²) in [5.74, 6) is -1.13. The minimum Gasteiger partial charge on any atom is -0.481 e. The Hall–Kier alpha value is -1.55. The lowest BCUT2D eigenvalue weighted by atomic mass is 10.1. The quantitative estimate of drug-likeness (QED) is 0.821. The Bertz CT molecular complexity index is 393. The van der Waals surface area contributed by atoms with Crippen molar-refractivity contribution in [3.63, 3.8) is 0 Å². The van der Waals surface area contributed by atoms with Gasteiger partial charge in [0.15, 0.2) is 0 Å². The monoisotopic (exact) mass is 241 g/mol. The highest BCUT2D eigenvalue weighted by Crippen LogP contribution is 2.10. The minimum atomic E-state index is -0.928. The number of benzene rings is 1. The van der Waals surface area contributed by atoms with E-state index in [0.29, 0.717) is 5.02 Å². The second kappa shape index (κ2) is 6.12. The summed E-state index contributed by atoms with van der Waals surface area (Å²) >= 11 is 5.76. The third kappa shape index (κ3) is 4.79. The summed E-state index contributed by atoms with van der Waals surface area (Å²) in [7, 11) is 0. The molecule has 0 bridgehead atoms. The fourth-order valence-corrected chi connectivity index (χ4v) is 1.42. The number of halogens is 1. The molecule has 4 nitrogen and oxygen atoms in total. The van der Waals surface area contributed by atoms with Gasteiger partial charge in [-0.25, -0.2) is 0 Å². The highest BCUT2D eigenvalue weighted by molar-refractivity contribution is 6.30. The summed E-state index contributed by atoms with van der Waals surface area (Å²) in [5.41, 5.74) is 0.806. The van der Waals surface area contributed by atoms with Crippen LogP contribution in [0.4, 0.5) is 0 Å². The molecule has 0 aliphatic rings. The Morgan fingerprint density at radius 3 is 2.75 bits per heavy atom. The molecule has 1 amide bonds. The third-order valence-electron chi connectivity index (χ3n) is 1.91. The number of hydrogen-bond donors (Lipinski definition) is 2. The van der Waals surface area contributed by atoms with Crippen LogP contribution < -0.4 is 5.32 Å². The average molecular weight is 242 g/mol. The van der Waals surface area contributed by atoms with Crippen LogP contribution in [-0.2, 0) is 16.0 Å². The van der Waals surface area contributed by atoms with Crippen LogP contribution >= 0.6 is 11.6 Å². The minimum absolute atomic E-state index is 0.0682. The number of carboxylic acids is 1. The molecular weight excluding hydrogens is 230 g/mol. The van der Waals surface area contributed by atoms with Crippen LogP contribution in [0.1, 0.15) is 12.0 Å². The van der Waals surface area contributed by atoms with Crippen LogP contribution in [0, 0.1) is 0 Å². The largest absolute Gasteiger partial charge is 0.481 e. The smallest absolute Gasteiger partial charge is 0.305 e. The number of rotatable bonds is 5. The molecule has 5 heteroatoms. The van der Waals surface area contributed by atoms with Crippen molar-refractivity contribution in [1.29, 1.82) is 0 Å². The van der Waals surface area contributed by atoms with E-state index in [1.54, 1.807) is 24.3 Å². The molecule has 0 spiro atoms. The first-order valence-corrected chi connectivity index (χ1v) is 5.18. The molecule has 0 heterocycles. The lowest BCUT2D eigenvalue weighted by Gasteiger charge is -2.03. The van der Waals surface area contributed by atoms with Crippen LogP contribution in [0.2, 0.25) is 5.02 Å². The normalized spacial score (nSPS) is 9.81. The fraction of sp³-hybridized carbons (Fsp3) is 0.273. The zero-order valence-electron chi connectivity index (χ0n) is 8.57. The Morgan fingerprint density at radius 2 is 2.12 bits per heavy atom. The average Bonchev–Trinajstić information content (AvgIpc) is 2.16. The molecule has 1 aromatic carbocycles. The zero-order chi connectivity index (χ0) is 12.0. The van der Waals surface area contributed by atoms with Crippen molar-refractivity contribution in [3.8, 4) is 0 Å². The van der Waals surface area contributed by atoms with Gasteiger partial charge in [0.05, 0.1) is 12.8 Å². The van der Waals surface area contributed by atoms with Gasteiger partial charge in [0.1, 0.15) is 0 Å². The molecule has 1 rings (SSSR count). The predicted molar refractivity (Wildman–Crippen MR) is 60.4 cm³/mol. The van der Waals surface area contributed by atoms with E-state index in [9.17, 15) is 9.59 Å². The number of carbonyl (C=O) groups is 2. The van der Waals surface area contributed by atoms with Gasteiger partial charge in [-0.3, -0.25) is 9.59 Å². The highest BCUT2D eigenvalue weighted by Gasteiger charge is 2.04. The first-order valence-electron chi connectivity index (χ1n) is 4.81. The molecule has 86 valence electrons. The van der Waals surface area contributed by atoms with E-state index < -0.39 is 5.97 Å². The second-order valence-corrected chi connectivity index (χ2v) is 3.74. The molecule has 0 saturated heterocycles. The van der Waals surface area contributed by atoms with Gasteiger partial charge in [-0.1, -0.05) is 23.7 Å². The molecule has 16 heavy (non-hydrogen) atoms. The molecular formula is C11H12ClNO3. The van der Waals surface area contributed by atoms with E-state index in [1.807, 2.05) is 0 Å². The van der Waals surface area contributed by atoms with Crippen molar-refractivity contribution < 1.29 is 14.7 Å². The van der Waals surface area contributed by atoms with Crippen LogP contribution in [0.3, 0.4) is 0 Å². The summed E-state index contributed by atoms with van der Waals surface area (Å²) in [6, 6.07) is 7.00. The number of amides is 1. The molecule has 0 atom stereocenters. The summed E-state index contributed by atoms with van der Waals surface area (Å²) in [6.07, 6.45) is 0.140. The van der Waals surface area contributed by atoms with Gasteiger partial charge in [0.2, 0.25) is 5.91 Å². The van der Waals surface area contributed by atoms with Gasteiger partial charge in [-0.15, -0.1) is 0 Å². The third-order valence-corrected chi connectivity index (χ3v) is 2.15. The van der Waals surface area contributed by atoms with Crippen molar-refractivity contribution in [2.75, 3.05) is 6.54 Å². The molecule has 0 aliphatic heterocycles. The standard InChI is InChI=1S/C11H12ClNO3/c12-9-3-1-2-8(6-9)7-10(14)13-5-4-11(15)16/h1-3,6H,4-5,7H2,(H,13,14)(H,15,16). The van der Waals surface area contributed by atoms with E-state index in [1.165, 1.54) is 0 Å². The second-order valence-electron chi connectivity index (χ2n) is 3.30. The van der Waals surface area contributed by atoms with E-state index in [4.69, 9.17) is 16.7 Å². The van der Waals surface area contributed by atoms with Gasteiger partial charge >= 0.3 is 5.97 Å². The molecule has 0 radical (unpaired) electrons. The van der Waals surface area contributed by atoms with Crippen LogP contribution in [0.15, 0.2) is 24.3 Å². The Labute approximate surface area is 98.2 Å². The predicted octanol–water partition coefficient (Wildman–Crippen LogP) is 1.47.